The number of benzene rings is 1. The number of fused-ring (bicyclic) bond motifs is 1. The first kappa shape index (κ1) is 11.6. The number of nitrogens with zero attached hydrogens (tertiary/aromatic N) is 1. The quantitative estimate of drug-likeness (QED) is 0.871. The molecule has 1 aliphatic heterocycles. The van der Waals surface area contributed by atoms with Crippen LogP contribution in [0.15, 0.2) is 41.8 Å². The van der Waals surface area contributed by atoms with Crippen molar-refractivity contribution in [3.05, 3.63) is 46.7 Å². The molecule has 1 aliphatic rings. The summed E-state index contributed by atoms with van der Waals surface area (Å²) in [7, 11) is 0. The van der Waals surface area contributed by atoms with E-state index in [4.69, 9.17) is 0 Å². The molecule has 1 atom stereocenters. The van der Waals surface area contributed by atoms with Crippen LogP contribution in [0.3, 0.4) is 0 Å². The second-order valence-electron chi connectivity index (χ2n) is 4.98. The Hall–Kier alpha value is -1.48. The van der Waals surface area contributed by atoms with Gasteiger partial charge in [0.25, 0.3) is 0 Å². The summed E-state index contributed by atoms with van der Waals surface area (Å²) >= 11 is 1.83. The standard InChI is InChI=1S/C15H18N2S/c1-11(2)17-10-13(15-8-5-9-18-15)16-12-6-3-4-7-14(12)17/h3-9,11,13,16H,10H2,1-2H3/t13-/m0/s1. The van der Waals surface area contributed by atoms with Gasteiger partial charge in [0, 0.05) is 17.5 Å². The normalized spacial score (nSPS) is 18.6. The minimum Gasteiger partial charge on any atom is -0.374 e. The number of thiophene rings is 1. The number of hydrogen-bond donors (Lipinski definition) is 1. The SMILES string of the molecule is CC(C)N1C[C@@H](c2cccs2)Nc2ccccc21. The van der Waals surface area contributed by atoms with Crippen molar-refractivity contribution in [1.82, 2.24) is 0 Å². The lowest BCUT2D eigenvalue weighted by Crippen LogP contribution is -2.40. The third kappa shape index (κ3) is 1.99. The lowest BCUT2D eigenvalue weighted by molar-refractivity contribution is 0.622. The zero-order valence-electron chi connectivity index (χ0n) is 10.8. The molecule has 1 aromatic heterocycles. The predicted octanol–water partition coefficient (Wildman–Crippen LogP) is 4.13. The summed E-state index contributed by atoms with van der Waals surface area (Å²) in [5.41, 5.74) is 2.57. The summed E-state index contributed by atoms with van der Waals surface area (Å²) in [6.07, 6.45) is 0. The fourth-order valence-electron chi connectivity index (χ4n) is 2.51. The Morgan fingerprint density at radius 3 is 2.78 bits per heavy atom. The van der Waals surface area contributed by atoms with E-state index in [1.807, 2.05) is 11.3 Å². The molecule has 0 bridgehead atoms. The summed E-state index contributed by atoms with van der Waals surface area (Å²) in [6.45, 7) is 5.55. The fourth-order valence-corrected chi connectivity index (χ4v) is 3.28. The molecule has 0 saturated heterocycles. The van der Waals surface area contributed by atoms with E-state index in [-0.39, 0.29) is 0 Å². The smallest absolute Gasteiger partial charge is 0.0782 e. The van der Waals surface area contributed by atoms with Gasteiger partial charge in [-0.15, -0.1) is 11.3 Å². The maximum Gasteiger partial charge on any atom is 0.0782 e. The summed E-state index contributed by atoms with van der Waals surface area (Å²) in [5, 5.41) is 5.80. The molecule has 0 aliphatic carbocycles. The molecule has 2 aromatic rings. The van der Waals surface area contributed by atoms with Gasteiger partial charge in [0.15, 0.2) is 0 Å². The highest BCUT2D eigenvalue weighted by Gasteiger charge is 2.26. The van der Waals surface area contributed by atoms with E-state index in [9.17, 15) is 0 Å². The van der Waals surface area contributed by atoms with Crippen LogP contribution in [0.4, 0.5) is 11.4 Å². The molecule has 0 amide bonds. The molecule has 2 nitrogen and oxygen atoms in total. The second kappa shape index (κ2) is 4.65. The molecule has 18 heavy (non-hydrogen) atoms. The summed E-state index contributed by atoms with van der Waals surface area (Å²) in [5.74, 6) is 0. The van der Waals surface area contributed by atoms with Crippen molar-refractivity contribution in [2.75, 3.05) is 16.8 Å². The van der Waals surface area contributed by atoms with E-state index in [0.717, 1.165) is 6.54 Å². The van der Waals surface area contributed by atoms with Gasteiger partial charge in [-0.05, 0) is 37.4 Å². The Morgan fingerprint density at radius 1 is 1.22 bits per heavy atom. The maximum atomic E-state index is 3.65. The van der Waals surface area contributed by atoms with Crippen molar-refractivity contribution in [1.29, 1.82) is 0 Å². The number of hydrogen-bond acceptors (Lipinski definition) is 3. The third-order valence-corrected chi connectivity index (χ3v) is 4.42. The zero-order valence-corrected chi connectivity index (χ0v) is 11.6. The molecule has 94 valence electrons. The molecule has 0 spiro atoms. The van der Waals surface area contributed by atoms with Gasteiger partial charge >= 0.3 is 0 Å². The van der Waals surface area contributed by atoms with E-state index in [0.29, 0.717) is 12.1 Å². The van der Waals surface area contributed by atoms with Gasteiger partial charge in [0.1, 0.15) is 0 Å². The minimum atomic E-state index is 0.405. The van der Waals surface area contributed by atoms with Crippen LogP contribution < -0.4 is 10.2 Å². The van der Waals surface area contributed by atoms with Crippen LogP contribution in [0.5, 0.6) is 0 Å². The highest BCUT2D eigenvalue weighted by Crippen LogP contribution is 2.37. The number of rotatable bonds is 2. The molecular weight excluding hydrogens is 240 g/mol. The van der Waals surface area contributed by atoms with Gasteiger partial charge in [0.2, 0.25) is 0 Å². The van der Waals surface area contributed by atoms with E-state index in [1.54, 1.807) is 0 Å². The van der Waals surface area contributed by atoms with E-state index >= 15 is 0 Å². The van der Waals surface area contributed by atoms with Crippen molar-refractivity contribution >= 4 is 22.7 Å². The van der Waals surface area contributed by atoms with Gasteiger partial charge in [-0.1, -0.05) is 18.2 Å². The van der Waals surface area contributed by atoms with Gasteiger partial charge in [0.05, 0.1) is 17.4 Å². The number of anilines is 2. The average molecular weight is 258 g/mol. The summed E-state index contributed by atoms with van der Waals surface area (Å²) in [6, 6.07) is 13.9. The highest BCUT2D eigenvalue weighted by atomic mass is 32.1. The fraction of sp³-hybridized carbons (Fsp3) is 0.333. The largest absolute Gasteiger partial charge is 0.374 e. The minimum absolute atomic E-state index is 0.405. The molecule has 1 N–H and O–H groups in total. The van der Waals surface area contributed by atoms with E-state index in [1.165, 1.54) is 16.3 Å². The van der Waals surface area contributed by atoms with Crippen LogP contribution in [0, 0.1) is 0 Å². The van der Waals surface area contributed by atoms with Crippen LogP contribution in [0.2, 0.25) is 0 Å². The second-order valence-corrected chi connectivity index (χ2v) is 5.95. The molecule has 0 fully saturated rings. The van der Waals surface area contributed by atoms with Crippen molar-refractivity contribution in [2.24, 2.45) is 0 Å². The van der Waals surface area contributed by atoms with Crippen molar-refractivity contribution in [3.8, 4) is 0 Å². The van der Waals surface area contributed by atoms with Gasteiger partial charge in [-0.2, -0.15) is 0 Å². The Labute approximate surface area is 112 Å². The summed E-state index contributed by atoms with van der Waals surface area (Å²) in [4.78, 5) is 3.89. The van der Waals surface area contributed by atoms with Crippen molar-refractivity contribution in [2.45, 2.75) is 25.9 Å². The first-order chi connectivity index (χ1) is 8.75. The molecule has 0 saturated carbocycles. The molecular formula is C15H18N2S. The Balaban J connectivity index is 1.97. The van der Waals surface area contributed by atoms with E-state index < -0.39 is 0 Å². The lowest BCUT2D eigenvalue weighted by atomic mass is 10.1. The molecule has 0 unspecified atom stereocenters. The predicted molar refractivity (Wildman–Crippen MR) is 79.6 cm³/mol. The highest BCUT2D eigenvalue weighted by molar-refractivity contribution is 7.10. The molecule has 3 heteroatoms. The van der Waals surface area contributed by atoms with Crippen LogP contribution in [-0.4, -0.2) is 12.6 Å². The molecule has 1 aromatic carbocycles. The van der Waals surface area contributed by atoms with Crippen LogP contribution in [0.1, 0.15) is 24.8 Å². The van der Waals surface area contributed by atoms with Gasteiger partial charge < -0.3 is 10.2 Å². The maximum absolute atomic E-state index is 3.65. The first-order valence-corrected chi connectivity index (χ1v) is 7.29. The first-order valence-electron chi connectivity index (χ1n) is 6.41. The zero-order chi connectivity index (χ0) is 12.5. The topological polar surface area (TPSA) is 15.3 Å². The summed E-state index contributed by atoms with van der Waals surface area (Å²) < 4.78 is 0. The molecule has 3 rings (SSSR count). The van der Waals surface area contributed by atoms with Crippen molar-refractivity contribution < 1.29 is 0 Å². The lowest BCUT2D eigenvalue weighted by Gasteiger charge is -2.39. The average Bonchev–Trinajstić information content (AvgIpc) is 2.91. The van der Waals surface area contributed by atoms with E-state index in [2.05, 4.69) is 65.8 Å². The van der Waals surface area contributed by atoms with Crippen LogP contribution in [0.25, 0.3) is 0 Å². The molecule has 2 heterocycles. The van der Waals surface area contributed by atoms with Gasteiger partial charge in [-0.25, -0.2) is 0 Å². The molecule has 0 radical (unpaired) electrons. The van der Waals surface area contributed by atoms with Crippen LogP contribution >= 0.6 is 11.3 Å². The number of para-hydroxylation sites is 2. The Bertz CT molecular complexity index is 519. The van der Waals surface area contributed by atoms with Crippen LogP contribution in [-0.2, 0) is 0 Å². The monoisotopic (exact) mass is 258 g/mol. The third-order valence-electron chi connectivity index (χ3n) is 3.43. The Kier molecular flexibility index (Phi) is 3.00. The van der Waals surface area contributed by atoms with Crippen molar-refractivity contribution in [3.63, 3.8) is 0 Å². The van der Waals surface area contributed by atoms with Gasteiger partial charge in [-0.3, -0.25) is 0 Å². The Morgan fingerprint density at radius 2 is 2.06 bits per heavy atom. The number of nitrogens with one attached hydrogen (secondary N) is 1.